The maximum Gasteiger partial charge on any atom is 0.291 e. The summed E-state index contributed by atoms with van der Waals surface area (Å²) in [4.78, 5) is 14.0. The molecule has 0 aromatic carbocycles. The lowest BCUT2D eigenvalue weighted by molar-refractivity contribution is -0.386. The van der Waals surface area contributed by atoms with Gasteiger partial charge in [0.25, 0.3) is 5.69 Å². The number of aryl methyl sites for hydroxylation is 1. The van der Waals surface area contributed by atoms with Gasteiger partial charge in [0.05, 0.1) is 11.0 Å². The average molecular weight is 256 g/mol. The smallest absolute Gasteiger partial charge is 0.258 e. The van der Waals surface area contributed by atoms with Crippen LogP contribution in [0.25, 0.3) is 0 Å². The predicted molar refractivity (Wildman–Crippen MR) is 52.5 cm³/mol. The second-order valence-electron chi connectivity index (χ2n) is 2.53. The second kappa shape index (κ2) is 4.67. The van der Waals surface area contributed by atoms with Gasteiger partial charge in [-0.15, -0.1) is 0 Å². The highest BCUT2D eigenvalue weighted by Gasteiger charge is 2.14. The first-order valence-electron chi connectivity index (χ1n) is 3.81. The molecule has 5 nitrogen and oxygen atoms in total. The lowest BCUT2D eigenvalue weighted by Gasteiger charge is -1.99. The van der Waals surface area contributed by atoms with Crippen LogP contribution in [-0.2, 0) is 6.42 Å². The van der Waals surface area contributed by atoms with E-state index in [-0.39, 0.29) is 12.1 Å². The third-order valence-corrected chi connectivity index (χ3v) is 2.02. The molecule has 0 aliphatic carbocycles. The number of hydrogen-bond acceptors (Lipinski definition) is 4. The van der Waals surface area contributed by atoms with Crippen molar-refractivity contribution in [2.45, 2.75) is 12.8 Å². The van der Waals surface area contributed by atoms with E-state index in [1.165, 1.54) is 12.3 Å². The Labute approximate surface area is 88.7 Å². The standard InChI is InChI=1S/C8H6BrN3O2/c9-6-4-8(12(13)14)7(11-5-6)2-1-3-10/h4-5H,1-2H2. The minimum Gasteiger partial charge on any atom is -0.258 e. The Hall–Kier alpha value is -1.48. The van der Waals surface area contributed by atoms with E-state index in [0.717, 1.165) is 0 Å². The number of rotatable bonds is 3. The normalized spacial score (nSPS) is 9.43. The van der Waals surface area contributed by atoms with Crippen molar-refractivity contribution in [2.75, 3.05) is 0 Å². The Morgan fingerprint density at radius 2 is 2.43 bits per heavy atom. The topological polar surface area (TPSA) is 79.8 Å². The number of hydrogen-bond donors (Lipinski definition) is 0. The lowest BCUT2D eigenvalue weighted by atomic mass is 10.2. The van der Waals surface area contributed by atoms with Gasteiger partial charge in [-0.25, -0.2) is 0 Å². The minimum atomic E-state index is -0.496. The zero-order valence-electron chi connectivity index (χ0n) is 7.11. The number of nitriles is 1. The first kappa shape index (κ1) is 10.6. The molecule has 1 rings (SSSR count). The Balaban J connectivity index is 3.03. The fourth-order valence-corrected chi connectivity index (χ4v) is 1.30. The molecule has 0 radical (unpaired) electrons. The molecular formula is C8H6BrN3O2. The highest BCUT2D eigenvalue weighted by molar-refractivity contribution is 9.10. The molecule has 0 saturated carbocycles. The molecule has 0 fully saturated rings. The molecule has 0 atom stereocenters. The van der Waals surface area contributed by atoms with Crippen LogP contribution in [0.2, 0.25) is 0 Å². The van der Waals surface area contributed by atoms with E-state index in [1.807, 2.05) is 6.07 Å². The van der Waals surface area contributed by atoms with E-state index in [0.29, 0.717) is 16.6 Å². The van der Waals surface area contributed by atoms with E-state index in [2.05, 4.69) is 20.9 Å². The van der Waals surface area contributed by atoms with Gasteiger partial charge in [0.1, 0.15) is 5.69 Å². The fourth-order valence-electron chi connectivity index (χ4n) is 0.982. The van der Waals surface area contributed by atoms with E-state index >= 15 is 0 Å². The molecule has 0 aliphatic rings. The average Bonchev–Trinajstić information content (AvgIpc) is 2.15. The van der Waals surface area contributed by atoms with Crippen LogP contribution in [0.5, 0.6) is 0 Å². The zero-order chi connectivity index (χ0) is 10.6. The van der Waals surface area contributed by atoms with Gasteiger partial charge in [0.2, 0.25) is 0 Å². The van der Waals surface area contributed by atoms with Gasteiger partial charge in [-0.05, 0) is 15.9 Å². The maximum absolute atomic E-state index is 10.6. The third kappa shape index (κ3) is 2.50. The maximum atomic E-state index is 10.6. The van der Waals surface area contributed by atoms with E-state index in [1.54, 1.807) is 0 Å². The summed E-state index contributed by atoms with van der Waals surface area (Å²) < 4.78 is 0.560. The molecule has 72 valence electrons. The van der Waals surface area contributed by atoms with Crippen LogP contribution in [0.3, 0.4) is 0 Å². The predicted octanol–water partition coefficient (Wildman–Crippen LogP) is 2.21. The van der Waals surface area contributed by atoms with Crippen molar-refractivity contribution < 1.29 is 4.92 Å². The molecule has 0 saturated heterocycles. The van der Waals surface area contributed by atoms with E-state index < -0.39 is 4.92 Å². The number of halogens is 1. The van der Waals surface area contributed by atoms with Crippen LogP contribution in [0.15, 0.2) is 16.7 Å². The summed E-state index contributed by atoms with van der Waals surface area (Å²) in [6.45, 7) is 0. The zero-order valence-corrected chi connectivity index (χ0v) is 8.69. The van der Waals surface area contributed by atoms with Crippen molar-refractivity contribution in [3.63, 3.8) is 0 Å². The Kier molecular flexibility index (Phi) is 3.54. The van der Waals surface area contributed by atoms with Crippen LogP contribution in [0.1, 0.15) is 12.1 Å². The highest BCUT2D eigenvalue weighted by Crippen LogP contribution is 2.21. The van der Waals surface area contributed by atoms with Crippen LogP contribution >= 0.6 is 15.9 Å². The van der Waals surface area contributed by atoms with Crippen molar-refractivity contribution in [3.8, 4) is 6.07 Å². The van der Waals surface area contributed by atoms with Gasteiger partial charge in [0.15, 0.2) is 0 Å². The van der Waals surface area contributed by atoms with Gasteiger partial charge >= 0.3 is 0 Å². The molecule has 1 aromatic rings. The Bertz CT molecular complexity index is 400. The minimum absolute atomic E-state index is 0.0466. The van der Waals surface area contributed by atoms with Gasteiger partial charge in [-0.2, -0.15) is 5.26 Å². The molecule has 14 heavy (non-hydrogen) atoms. The Morgan fingerprint density at radius 1 is 1.71 bits per heavy atom. The van der Waals surface area contributed by atoms with Crippen LogP contribution in [0.4, 0.5) is 5.69 Å². The SMILES string of the molecule is N#CCCc1ncc(Br)cc1[N+](=O)[O-]. The second-order valence-corrected chi connectivity index (χ2v) is 3.45. The number of pyridine rings is 1. The summed E-state index contributed by atoms with van der Waals surface area (Å²) in [5, 5.41) is 19.0. The van der Waals surface area contributed by atoms with Crippen molar-refractivity contribution in [1.82, 2.24) is 4.98 Å². The van der Waals surface area contributed by atoms with E-state index in [9.17, 15) is 10.1 Å². The largest absolute Gasteiger partial charge is 0.291 e. The monoisotopic (exact) mass is 255 g/mol. The van der Waals surface area contributed by atoms with Crippen molar-refractivity contribution >= 4 is 21.6 Å². The lowest BCUT2D eigenvalue weighted by Crippen LogP contribution is -1.98. The number of nitro groups is 1. The van der Waals surface area contributed by atoms with Gasteiger partial charge < -0.3 is 0 Å². The fraction of sp³-hybridized carbons (Fsp3) is 0.250. The summed E-state index contributed by atoms with van der Waals surface area (Å²) in [6, 6.07) is 3.31. The van der Waals surface area contributed by atoms with Crippen molar-refractivity contribution in [3.05, 3.63) is 32.5 Å². The molecular weight excluding hydrogens is 250 g/mol. The molecule has 1 heterocycles. The van der Waals surface area contributed by atoms with Crippen LogP contribution in [0, 0.1) is 21.4 Å². The number of aromatic nitrogens is 1. The van der Waals surface area contributed by atoms with Gasteiger partial charge in [-0.1, -0.05) is 0 Å². The molecule has 0 aliphatic heterocycles. The first-order chi connectivity index (χ1) is 6.65. The first-order valence-corrected chi connectivity index (χ1v) is 4.60. The Morgan fingerprint density at radius 3 is 3.00 bits per heavy atom. The van der Waals surface area contributed by atoms with Gasteiger partial charge in [-0.3, -0.25) is 15.1 Å². The summed E-state index contributed by atoms with van der Waals surface area (Å²) >= 11 is 3.10. The molecule has 0 N–H and O–H groups in total. The molecule has 0 spiro atoms. The third-order valence-electron chi connectivity index (χ3n) is 1.58. The highest BCUT2D eigenvalue weighted by atomic mass is 79.9. The molecule has 0 unspecified atom stereocenters. The van der Waals surface area contributed by atoms with Crippen molar-refractivity contribution in [2.24, 2.45) is 0 Å². The molecule has 1 aromatic heterocycles. The van der Waals surface area contributed by atoms with Crippen LogP contribution in [-0.4, -0.2) is 9.91 Å². The molecule has 0 amide bonds. The molecule has 6 heteroatoms. The quantitative estimate of drug-likeness (QED) is 0.613. The van der Waals surface area contributed by atoms with E-state index in [4.69, 9.17) is 5.26 Å². The summed E-state index contributed by atoms with van der Waals surface area (Å²) in [7, 11) is 0. The summed E-state index contributed by atoms with van der Waals surface area (Å²) in [5.41, 5.74) is 0.300. The number of nitrogens with zero attached hydrogens (tertiary/aromatic N) is 3. The van der Waals surface area contributed by atoms with Gasteiger partial charge in [0, 0.05) is 29.6 Å². The summed E-state index contributed by atoms with van der Waals surface area (Å²) in [6.07, 6.45) is 2.02. The molecule has 0 bridgehead atoms. The van der Waals surface area contributed by atoms with Crippen molar-refractivity contribution in [1.29, 1.82) is 5.26 Å². The van der Waals surface area contributed by atoms with Crippen LogP contribution < -0.4 is 0 Å². The summed E-state index contributed by atoms with van der Waals surface area (Å²) in [5.74, 6) is 0.